The van der Waals surface area contributed by atoms with Gasteiger partial charge in [-0.3, -0.25) is 9.78 Å². The van der Waals surface area contributed by atoms with Gasteiger partial charge in [0.2, 0.25) is 11.8 Å². The van der Waals surface area contributed by atoms with Crippen molar-refractivity contribution in [1.29, 1.82) is 0 Å². The van der Waals surface area contributed by atoms with Crippen molar-refractivity contribution in [3.63, 3.8) is 0 Å². The molecule has 1 aromatic carbocycles. The Labute approximate surface area is 186 Å². The maximum Gasteiger partial charge on any atom is 0.258 e. The van der Waals surface area contributed by atoms with Crippen molar-refractivity contribution in [3.05, 3.63) is 71.9 Å². The smallest absolute Gasteiger partial charge is 0.258 e. The van der Waals surface area contributed by atoms with Crippen LogP contribution in [0.15, 0.2) is 54.9 Å². The summed E-state index contributed by atoms with van der Waals surface area (Å²) in [5.41, 5.74) is 1.78. The number of para-hydroxylation sites is 1. The number of methoxy groups -OCH3 is 1. The van der Waals surface area contributed by atoms with Crippen molar-refractivity contribution < 1.29 is 13.9 Å². The quantitative estimate of drug-likeness (QED) is 0.609. The van der Waals surface area contributed by atoms with Gasteiger partial charge in [0.25, 0.3) is 5.91 Å². The standard InChI is InChI=1S/C23H25FN6O2/c1-32-22-18(21(31)26-11-9-17-6-4-5-10-25-17)16-27-23(28-22)30-14-12-29(13-15-30)20-8-3-2-7-19(20)24/h2-8,10,16H,9,11-15H2,1H3,(H,26,31). The predicted molar refractivity (Wildman–Crippen MR) is 120 cm³/mol. The number of ether oxygens (including phenoxy) is 1. The highest BCUT2D eigenvalue weighted by Crippen LogP contribution is 2.23. The fourth-order valence-corrected chi connectivity index (χ4v) is 3.62. The SMILES string of the molecule is COc1nc(N2CCN(c3ccccc3F)CC2)ncc1C(=O)NCCc1ccccn1. The minimum absolute atomic E-state index is 0.224. The lowest BCUT2D eigenvalue weighted by molar-refractivity contribution is 0.0950. The van der Waals surface area contributed by atoms with Crippen LogP contribution in [-0.4, -0.2) is 60.7 Å². The van der Waals surface area contributed by atoms with Crippen LogP contribution in [0.3, 0.4) is 0 Å². The minimum atomic E-state index is -0.297. The molecule has 3 heterocycles. The summed E-state index contributed by atoms with van der Waals surface area (Å²) >= 11 is 0. The number of benzene rings is 1. The monoisotopic (exact) mass is 436 g/mol. The summed E-state index contributed by atoms with van der Waals surface area (Å²) in [7, 11) is 1.48. The molecule has 0 bridgehead atoms. The molecule has 2 aromatic heterocycles. The van der Waals surface area contributed by atoms with E-state index in [0.29, 0.717) is 50.8 Å². The summed E-state index contributed by atoms with van der Waals surface area (Å²) in [6.07, 6.45) is 3.84. The first-order chi connectivity index (χ1) is 15.7. The number of rotatable bonds is 7. The molecule has 0 spiro atoms. The summed E-state index contributed by atoms with van der Waals surface area (Å²) in [5, 5.41) is 2.86. The van der Waals surface area contributed by atoms with Crippen LogP contribution in [-0.2, 0) is 6.42 Å². The molecular weight excluding hydrogens is 411 g/mol. The predicted octanol–water partition coefficient (Wildman–Crippen LogP) is 2.32. The van der Waals surface area contributed by atoms with Gasteiger partial charge in [0.1, 0.15) is 11.4 Å². The molecule has 1 N–H and O–H groups in total. The molecular formula is C23H25FN6O2. The van der Waals surface area contributed by atoms with Crippen molar-refractivity contribution >= 4 is 17.5 Å². The first-order valence-corrected chi connectivity index (χ1v) is 10.5. The molecule has 0 saturated carbocycles. The highest BCUT2D eigenvalue weighted by atomic mass is 19.1. The lowest BCUT2D eigenvalue weighted by Gasteiger charge is -2.36. The second-order valence-corrected chi connectivity index (χ2v) is 7.35. The summed E-state index contributed by atoms with van der Waals surface area (Å²) in [6, 6.07) is 12.4. The summed E-state index contributed by atoms with van der Waals surface area (Å²) < 4.78 is 19.4. The Balaban J connectivity index is 1.37. The summed E-state index contributed by atoms with van der Waals surface area (Å²) in [6.45, 7) is 2.99. The average molecular weight is 436 g/mol. The van der Waals surface area contributed by atoms with E-state index in [1.165, 1.54) is 19.4 Å². The summed E-state index contributed by atoms with van der Waals surface area (Å²) in [4.78, 5) is 29.7. The first kappa shape index (κ1) is 21.5. The second kappa shape index (κ2) is 10.0. The van der Waals surface area contributed by atoms with Crippen molar-refractivity contribution in [1.82, 2.24) is 20.3 Å². The third-order valence-electron chi connectivity index (χ3n) is 5.33. The van der Waals surface area contributed by atoms with Crippen LogP contribution in [0, 0.1) is 5.82 Å². The molecule has 1 fully saturated rings. The first-order valence-electron chi connectivity index (χ1n) is 10.5. The number of hydrogen-bond acceptors (Lipinski definition) is 7. The summed E-state index contributed by atoms with van der Waals surface area (Å²) in [5.74, 6) is 0.188. The third kappa shape index (κ3) is 4.93. The Kier molecular flexibility index (Phi) is 6.74. The lowest BCUT2D eigenvalue weighted by atomic mass is 10.2. The van der Waals surface area contributed by atoms with Gasteiger partial charge in [0.15, 0.2) is 0 Å². The maximum absolute atomic E-state index is 14.1. The zero-order chi connectivity index (χ0) is 22.3. The van der Waals surface area contributed by atoms with Gasteiger partial charge in [-0.2, -0.15) is 4.98 Å². The van der Waals surface area contributed by atoms with E-state index in [-0.39, 0.29) is 23.2 Å². The van der Waals surface area contributed by atoms with E-state index in [0.717, 1.165) is 5.69 Å². The van der Waals surface area contributed by atoms with Crippen molar-refractivity contribution in [2.45, 2.75) is 6.42 Å². The van der Waals surface area contributed by atoms with E-state index < -0.39 is 0 Å². The van der Waals surface area contributed by atoms with Crippen molar-refractivity contribution in [2.75, 3.05) is 49.6 Å². The van der Waals surface area contributed by atoms with Gasteiger partial charge in [-0.05, 0) is 24.3 Å². The number of carbonyl (C=O) groups is 1. The van der Waals surface area contributed by atoms with Crippen LogP contribution >= 0.6 is 0 Å². The average Bonchev–Trinajstić information content (AvgIpc) is 2.84. The number of piperazine rings is 1. The van der Waals surface area contributed by atoms with E-state index in [9.17, 15) is 9.18 Å². The van der Waals surface area contributed by atoms with Gasteiger partial charge in [0.05, 0.1) is 12.8 Å². The molecule has 0 radical (unpaired) electrons. The number of halogens is 1. The minimum Gasteiger partial charge on any atom is -0.480 e. The van der Waals surface area contributed by atoms with Gasteiger partial charge in [-0.1, -0.05) is 18.2 Å². The zero-order valence-electron chi connectivity index (χ0n) is 17.9. The number of nitrogens with zero attached hydrogens (tertiary/aromatic N) is 5. The van der Waals surface area contributed by atoms with Gasteiger partial charge < -0.3 is 19.9 Å². The van der Waals surface area contributed by atoms with Crippen LogP contribution in [0.1, 0.15) is 16.1 Å². The number of amides is 1. The molecule has 3 aromatic rings. The highest BCUT2D eigenvalue weighted by molar-refractivity contribution is 5.96. The number of hydrogen-bond donors (Lipinski definition) is 1. The van der Waals surface area contributed by atoms with Gasteiger partial charge in [0, 0.05) is 57.2 Å². The molecule has 166 valence electrons. The third-order valence-corrected chi connectivity index (χ3v) is 5.33. The number of pyridine rings is 1. The second-order valence-electron chi connectivity index (χ2n) is 7.35. The Hall–Kier alpha value is -3.75. The Bertz CT molecular complexity index is 1060. The molecule has 1 saturated heterocycles. The number of aromatic nitrogens is 3. The normalized spacial score (nSPS) is 13.7. The number of carbonyl (C=O) groups excluding carboxylic acids is 1. The lowest BCUT2D eigenvalue weighted by Crippen LogP contribution is -2.47. The van der Waals surface area contributed by atoms with Crippen LogP contribution in [0.5, 0.6) is 5.88 Å². The Morgan fingerprint density at radius 1 is 1.06 bits per heavy atom. The van der Waals surface area contributed by atoms with E-state index in [2.05, 4.69) is 20.3 Å². The van der Waals surface area contributed by atoms with Crippen molar-refractivity contribution in [2.24, 2.45) is 0 Å². The van der Waals surface area contributed by atoms with E-state index >= 15 is 0 Å². The fourth-order valence-electron chi connectivity index (χ4n) is 3.62. The number of nitrogens with one attached hydrogen (secondary N) is 1. The van der Waals surface area contributed by atoms with Gasteiger partial charge in [-0.25, -0.2) is 9.37 Å². The molecule has 0 unspecified atom stereocenters. The Morgan fingerprint density at radius 3 is 2.53 bits per heavy atom. The number of anilines is 2. The van der Waals surface area contributed by atoms with Gasteiger partial charge >= 0.3 is 0 Å². The molecule has 9 heteroatoms. The van der Waals surface area contributed by atoms with Crippen LogP contribution in [0.2, 0.25) is 0 Å². The largest absolute Gasteiger partial charge is 0.480 e. The van der Waals surface area contributed by atoms with Crippen LogP contribution in [0.4, 0.5) is 16.0 Å². The van der Waals surface area contributed by atoms with E-state index in [4.69, 9.17) is 4.74 Å². The Morgan fingerprint density at radius 2 is 1.81 bits per heavy atom. The fraction of sp³-hybridized carbons (Fsp3) is 0.304. The van der Waals surface area contributed by atoms with Gasteiger partial charge in [-0.15, -0.1) is 0 Å². The van der Waals surface area contributed by atoms with E-state index in [1.807, 2.05) is 34.1 Å². The molecule has 1 aliphatic heterocycles. The maximum atomic E-state index is 14.1. The molecule has 1 amide bonds. The van der Waals surface area contributed by atoms with Crippen LogP contribution in [0.25, 0.3) is 0 Å². The highest BCUT2D eigenvalue weighted by Gasteiger charge is 2.23. The molecule has 0 aliphatic carbocycles. The topological polar surface area (TPSA) is 83.5 Å². The molecule has 4 rings (SSSR count). The van der Waals surface area contributed by atoms with E-state index in [1.54, 1.807) is 18.3 Å². The van der Waals surface area contributed by atoms with Crippen LogP contribution < -0.4 is 19.9 Å². The molecule has 32 heavy (non-hydrogen) atoms. The zero-order valence-corrected chi connectivity index (χ0v) is 17.9. The van der Waals surface area contributed by atoms with Crippen molar-refractivity contribution in [3.8, 4) is 5.88 Å². The molecule has 1 aliphatic rings. The molecule has 8 nitrogen and oxygen atoms in total. The molecule has 0 atom stereocenters.